The van der Waals surface area contributed by atoms with Crippen molar-refractivity contribution >= 4 is 22.9 Å². The highest BCUT2D eigenvalue weighted by Crippen LogP contribution is 2.36. The number of rotatable bonds is 8. The van der Waals surface area contributed by atoms with Crippen LogP contribution in [0.1, 0.15) is 25.6 Å². The second-order valence-electron chi connectivity index (χ2n) is 9.18. The van der Waals surface area contributed by atoms with Gasteiger partial charge in [0.05, 0.1) is 12.7 Å². The summed E-state index contributed by atoms with van der Waals surface area (Å²) in [6.45, 7) is 3.87. The summed E-state index contributed by atoms with van der Waals surface area (Å²) >= 11 is 0. The summed E-state index contributed by atoms with van der Waals surface area (Å²) in [5, 5.41) is 33.8. The van der Waals surface area contributed by atoms with Crippen LogP contribution in [-0.4, -0.2) is 65.9 Å². The minimum absolute atomic E-state index is 0.0108. The zero-order valence-electron chi connectivity index (χ0n) is 20.5. The molecule has 1 aliphatic heterocycles. The molecule has 5 rings (SSSR count). The van der Waals surface area contributed by atoms with Gasteiger partial charge in [-0.3, -0.25) is 4.57 Å². The largest absolute Gasteiger partial charge is 0.490 e. The lowest BCUT2D eigenvalue weighted by molar-refractivity contribution is -0.0501. The van der Waals surface area contributed by atoms with Gasteiger partial charge in [0.2, 0.25) is 5.95 Å². The fourth-order valence-electron chi connectivity index (χ4n) is 4.45. The van der Waals surface area contributed by atoms with Crippen molar-refractivity contribution in [3.05, 3.63) is 60.4 Å². The molecule has 0 bridgehead atoms. The molecule has 3 heterocycles. The van der Waals surface area contributed by atoms with Crippen molar-refractivity contribution in [3.63, 3.8) is 0 Å². The highest BCUT2D eigenvalue weighted by Gasteiger charge is 2.45. The molecule has 11 heteroatoms. The molecule has 1 fully saturated rings. The predicted molar refractivity (Wildman–Crippen MR) is 138 cm³/mol. The average molecular weight is 507 g/mol. The summed E-state index contributed by atoms with van der Waals surface area (Å²) in [5.74, 6) is 1.24. The number of hydrogen-bond donors (Lipinski definition) is 5. The first-order valence-electron chi connectivity index (χ1n) is 12.1. The molecule has 0 aliphatic carbocycles. The Morgan fingerprint density at radius 2 is 1.89 bits per heavy atom. The van der Waals surface area contributed by atoms with E-state index in [0.717, 1.165) is 22.4 Å². The van der Waals surface area contributed by atoms with Crippen LogP contribution in [0.5, 0.6) is 5.75 Å². The molecule has 0 unspecified atom stereocenters. The minimum Gasteiger partial charge on any atom is -0.490 e. The lowest BCUT2D eigenvalue weighted by Crippen LogP contribution is -2.33. The zero-order valence-corrected chi connectivity index (χ0v) is 20.5. The Kier molecular flexibility index (Phi) is 6.94. The fraction of sp³-hybridized carbons (Fsp3) is 0.346. The van der Waals surface area contributed by atoms with E-state index in [0.29, 0.717) is 23.7 Å². The van der Waals surface area contributed by atoms with Gasteiger partial charge in [-0.2, -0.15) is 0 Å². The van der Waals surface area contributed by atoms with Crippen molar-refractivity contribution in [1.82, 2.24) is 19.5 Å². The number of hydrogen-bond acceptors (Lipinski definition) is 10. The van der Waals surface area contributed by atoms with E-state index in [9.17, 15) is 15.3 Å². The van der Waals surface area contributed by atoms with Crippen molar-refractivity contribution < 1.29 is 24.8 Å². The van der Waals surface area contributed by atoms with Crippen molar-refractivity contribution in [2.75, 3.05) is 17.7 Å². The molecule has 4 atom stereocenters. The number of nitrogen functional groups attached to an aromatic ring is 1. The van der Waals surface area contributed by atoms with Gasteiger partial charge >= 0.3 is 0 Å². The highest BCUT2D eigenvalue weighted by atomic mass is 16.6. The van der Waals surface area contributed by atoms with E-state index in [-0.39, 0.29) is 11.9 Å². The molecule has 1 saturated heterocycles. The highest BCUT2D eigenvalue weighted by molar-refractivity contribution is 5.84. The Hall–Kier alpha value is -3.77. The first kappa shape index (κ1) is 24.9. The van der Waals surface area contributed by atoms with E-state index in [1.807, 2.05) is 62.4 Å². The van der Waals surface area contributed by atoms with Gasteiger partial charge in [-0.05, 0) is 31.0 Å². The number of aromatic nitrogens is 4. The molecular weight excluding hydrogens is 476 g/mol. The second-order valence-corrected chi connectivity index (χ2v) is 9.18. The van der Waals surface area contributed by atoms with Gasteiger partial charge in [-0.1, -0.05) is 42.5 Å². The van der Waals surface area contributed by atoms with Crippen LogP contribution in [0.4, 0.5) is 11.8 Å². The van der Waals surface area contributed by atoms with Crippen LogP contribution in [0.25, 0.3) is 22.3 Å². The van der Waals surface area contributed by atoms with Crippen molar-refractivity contribution in [1.29, 1.82) is 0 Å². The molecule has 11 nitrogen and oxygen atoms in total. The van der Waals surface area contributed by atoms with Crippen molar-refractivity contribution in [2.24, 2.45) is 0 Å². The van der Waals surface area contributed by atoms with Crippen molar-refractivity contribution in [2.45, 2.75) is 51.0 Å². The van der Waals surface area contributed by atoms with Crippen LogP contribution in [0.3, 0.4) is 0 Å². The third-order valence-corrected chi connectivity index (χ3v) is 6.22. The van der Waals surface area contributed by atoms with Crippen LogP contribution in [0.2, 0.25) is 0 Å². The Morgan fingerprint density at radius 3 is 2.59 bits per heavy atom. The van der Waals surface area contributed by atoms with Crippen LogP contribution >= 0.6 is 0 Å². The molecule has 4 aromatic rings. The number of anilines is 2. The third-order valence-electron chi connectivity index (χ3n) is 6.22. The Bertz CT molecular complexity index is 1380. The zero-order chi connectivity index (χ0) is 26.1. The molecule has 0 spiro atoms. The predicted octanol–water partition coefficient (Wildman–Crippen LogP) is 2.09. The first-order valence-corrected chi connectivity index (χ1v) is 12.1. The summed E-state index contributed by atoms with van der Waals surface area (Å²) < 4.78 is 13.4. The molecule has 2 aromatic heterocycles. The molecule has 37 heavy (non-hydrogen) atoms. The van der Waals surface area contributed by atoms with Gasteiger partial charge in [0.1, 0.15) is 30.4 Å². The molecule has 0 amide bonds. The number of nitrogens with one attached hydrogen (secondary N) is 1. The van der Waals surface area contributed by atoms with Gasteiger partial charge in [0, 0.05) is 12.1 Å². The lowest BCUT2D eigenvalue weighted by atomic mass is 10.0. The van der Waals surface area contributed by atoms with E-state index in [4.69, 9.17) is 15.2 Å². The smallest absolute Gasteiger partial charge is 0.207 e. The van der Waals surface area contributed by atoms with Crippen LogP contribution in [-0.2, 0) is 11.3 Å². The summed E-state index contributed by atoms with van der Waals surface area (Å²) in [4.78, 5) is 12.8. The maximum atomic E-state index is 10.7. The van der Waals surface area contributed by atoms with E-state index in [2.05, 4.69) is 20.3 Å². The Balaban J connectivity index is 1.48. The number of nitrogens with zero attached hydrogens (tertiary/aromatic N) is 4. The Morgan fingerprint density at radius 1 is 1.11 bits per heavy atom. The standard InChI is InChI=1S/C26H30N6O5/c1-14(2)36-18-10-15(8-9-17(18)16-6-4-3-5-7-16)11-28-26-31-20-23(27)29-13-30-24(20)32(26)25-22(35)21(34)19(12-33)37-25/h3-10,13-14,19,21-22,25,33-35H,11-12H2,1-2H3,(H,28,31)(H2,27,29,30)/t19-,21-,22-,25-/m1/s1. The van der Waals surface area contributed by atoms with Gasteiger partial charge in [-0.15, -0.1) is 0 Å². The summed E-state index contributed by atoms with van der Waals surface area (Å²) in [6, 6.07) is 16.0. The topological polar surface area (TPSA) is 161 Å². The molecule has 6 N–H and O–H groups in total. The second kappa shape index (κ2) is 10.3. The van der Waals surface area contributed by atoms with Gasteiger partial charge < -0.3 is 35.8 Å². The normalized spacial score (nSPS) is 21.6. The average Bonchev–Trinajstić information content (AvgIpc) is 3.40. The van der Waals surface area contributed by atoms with E-state index < -0.39 is 31.1 Å². The molecule has 1 aliphatic rings. The molecule has 0 radical (unpaired) electrons. The van der Waals surface area contributed by atoms with Gasteiger partial charge in [0.25, 0.3) is 0 Å². The number of aliphatic hydroxyl groups excluding tert-OH is 3. The van der Waals surface area contributed by atoms with E-state index in [1.54, 1.807) is 0 Å². The maximum Gasteiger partial charge on any atom is 0.207 e. The maximum absolute atomic E-state index is 10.7. The number of ether oxygens (including phenoxy) is 2. The first-order chi connectivity index (χ1) is 17.9. The molecule has 0 saturated carbocycles. The van der Waals surface area contributed by atoms with Gasteiger partial charge in [0.15, 0.2) is 23.2 Å². The van der Waals surface area contributed by atoms with E-state index >= 15 is 0 Å². The minimum atomic E-state index is -1.32. The summed E-state index contributed by atoms with van der Waals surface area (Å²) in [7, 11) is 0. The van der Waals surface area contributed by atoms with E-state index in [1.165, 1.54) is 10.9 Å². The number of nitrogens with two attached hydrogens (primary N) is 1. The van der Waals surface area contributed by atoms with Crippen LogP contribution in [0, 0.1) is 0 Å². The lowest BCUT2D eigenvalue weighted by Gasteiger charge is -2.20. The summed E-state index contributed by atoms with van der Waals surface area (Å²) in [5.41, 5.74) is 9.65. The van der Waals surface area contributed by atoms with Crippen LogP contribution in [0.15, 0.2) is 54.9 Å². The van der Waals surface area contributed by atoms with Crippen LogP contribution < -0.4 is 15.8 Å². The number of imidazole rings is 1. The number of benzene rings is 2. The van der Waals surface area contributed by atoms with Crippen molar-refractivity contribution in [3.8, 4) is 16.9 Å². The fourth-order valence-corrected chi connectivity index (χ4v) is 4.45. The molecule has 194 valence electrons. The SMILES string of the molecule is CC(C)Oc1cc(CNc2nc3c(N)ncnc3n2[C@@H]2O[C@H](CO)[C@@H](O)[C@H]2O)ccc1-c1ccccc1. The molecule has 2 aromatic carbocycles. The summed E-state index contributed by atoms with van der Waals surface area (Å²) in [6.07, 6.45) is -3.31. The number of aliphatic hydroxyl groups is 3. The van der Waals surface area contributed by atoms with Gasteiger partial charge in [-0.25, -0.2) is 15.0 Å². The molecular formula is C26H30N6O5. The quantitative estimate of drug-likeness (QED) is 0.239. The monoisotopic (exact) mass is 506 g/mol. The number of fused-ring (bicyclic) bond motifs is 1. The Labute approximate surface area is 213 Å². The third kappa shape index (κ3) is 4.81.